The van der Waals surface area contributed by atoms with Gasteiger partial charge in [0.15, 0.2) is 5.96 Å². The molecule has 0 radical (unpaired) electrons. The Morgan fingerprint density at radius 1 is 1.50 bits per heavy atom. The van der Waals surface area contributed by atoms with Crippen LogP contribution in [0.4, 0.5) is 0 Å². The topological polar surface area (TPSA) is 73.8 Å². The van der Waals surface area contributed by atoms with Crippen LogP contribution in [0.25, 0.3) is 0 Å². The third kappa shape index (κ3) is 4.69. The third-order valence-electron chi connectivity index (χ3n) is 3.63. The number of hydrogen-bond acceptors (Lipinski definition) is 4. The molecule has 22 heavy (non-hydrogen) atoms. The number of nitrogens with one attached hydrogen (secondary N) is 2. The van der Waals surface area contributed by atoms with Crippen molar-refractivity contribution in [3.05, 3.63) is 17.5 Å². The highest BCUT2D eigenvalue weighted by molar-refractivity contribution is 7.91. The summed E-state index contributed by atoms with van der Waals surface area (Å²) in [6.07, 6.45) is 2.43. The lowest BCUT2D eigenvalue weighted by Gasteiger charge is -2.33. The van der Waals surface area contributed by atoms with Crippen LogP contribution < -0.4 is 10.0 Å². The number of likely N-dealkylation sites (tertiary alicyclic amines) is 1. The summed E-state index contributed by atoms with van der Waals surface area (Å²) in [5.41, 5.74) is 0. The van der Waals surface area contributed by atoms with Gasteiger partial charge in [-0.2, -0.15) is 0 Å². The summed E-state index contributed by atoms with van der Waals surface area (Å²) in [6.45, 7) is 5.10. The Morgan fingerprint density at radius 2 is 2.32 bits per heavy atom. The molecule has 0 saturated carbocycles. The number of nitrogens with zero attached hydrogens (tertiary/aromatic N) is 2. The zero-order valence-electron chi connectivity index (χ0n) is 13.1. The van der Waals surface area contributed by atoms with Crippen molar-refractivity contribution in [3.8, 4) is 0 Å². The van der Waals surface area contributed by atoms with Crippen LogP contribution in [0.5, 0.6) is 0 Å². The van der Waals surface area contributed by atoms with Crippen molar-refractivity contribution in [2.75, 3.05) is 33.2 Å². The Labute approximate surface area is 136 Å². The number of sulfonamides is 1. The number of piperidine rings is 1. The average molecular weight is 345 g/mol. The lowest BCUT2D eigenvalue weighted by Crippen LogP contribution is -2.47. The van der Waals surface area contributed by atoms with Crippen LogP contribution in [0.3, 0.4) is 0 Å². The van der Waals surface area contributed by atoms with E-state index in [9.17, 15) is 8.42 Å². The predicted octanol–water partition coefficient (Wildman–Crippen LogP) is 1.33. The Morgan fingerprint density at radius 3 is 2.95 bits per heavy atom. The van der Waals surface area contributed by atoms with Gasteiger partial charge in [-0.05, 0) is 30.2 Å². The minimum Gasteiger partial charge on any atom is -0.355 e. The summed E-state index contributed by atoms with van der Waals surface area (Å²) in [5, 5.41) is 4.99. The van der Waals surface area contributed by atoms with E-state index in [0.29, 0.717) is 23.2 Å². The maximum atomic E-state index is 12.0. The highest BCUT2D eigenvalue weighted by Gasteiger charge is 2.19. The minimum atomic E-state index is -3.38. The Bertz CT molecular complexity index is 584. The van der Waals surface area contributed by atoms with E-state index >= 15 is 0 Å². The van der Waals surface area contributed by atoms with Crippen LogP contribution in [0.15, 0.2) is 26.7 Å². The smallest absolute Gasteiger partial charge is 0.250 e. The van der Waals surface area contributed by atoms with E-state index < -0.39 is 10.0 Å². The van der Waals surface area contributed by atoms with Gasteiger partial charge in [0.25, 0.3) is 0 Å². The number of thiophene rings is 1. The first-order valence-corrected chi connectivity index (χ1v) is 9.88. The standard InChI is InChI=1S/C14H24N4O2S2/c1-12-5-3-9-18(11-12)14(15-2)16-7-8-17-22(19,20)13-6-4-10-21-13/h4,6,10,12,17H,3,5,7-9,11H2,1-2H3,(H,15,16). The number of hydrogen-bond donors (Lipinski definition) is 2. The van der Waals surface area contributed by atoms with Gasteiger partial charge in [-0.15, -0.1) is 11.3 Å². The molecular formula is C14H24N4O2S2. The molecule has 8 heteroatoms. The van der Waals surface area contributed by atoms with Crippen LogP contribution >= 0.6 is 11.3 Å². The van der Waals surface area contributed by atoms with Crippen molar-refractivity contribution in [2.45, 2.75) is 24.0 Å². The molecule has 6 nitrogen and oxygen atoms in total. The SMILES string of the molecule is CN=C(NCCNS(=O)(=O)c1cccs1)N1CCCC(C)C1. The van der Waals surface area contributed by atoms with Gasteiger partial charge in [-0.25, -0.2) is 13.1 Å². The van der Waals surface area contributed by atoms with E-state index in [4.69, 9.17) is 0 Å². The Hall–Kier alpha value is -1.12. The van der Waals surface area contributed by atoms with Gasteiger partial charge in [0.2, 0.25) is 10.0 Å². The summed E-state index contributed by atoms with van der Waals surface area (Å²) in [5.74, 6) is 1.52. The molecule has 0 spiro atoms. The quantitative estimate of drug-likeness (QED) is 0.480. The van der Waals surface area contributed by atoms with Crippen LogP contribution in [0.2, 0.25) is 0 Å². The summed E-state index contributed by atoms with van der Waals surface area (Å²) in [6, 6.07) is 3.34. The zero-order chi connectivity index (χ0) is 16.0. The van der Waals surface area contributed by atoms with Gasteiger partial charge in [0.05, 0.1) is 0 Å². The third-order valence-corrected chi connectivity index (χ3v) is 6.49. The predicted molar refractivity (Wildman–Crippen MR) is 90.8 cm³/mol. The Balaban J connectivity index is 1.78. The first-order valence-electron chi connectivity index (χ1n) is 7.51. The second kappa shape index (κ2) is 7.94. The molecule has 1 fully saturated rings. The molecule has 0 amide bonds. The molecule has 0 bridgehead atoms. The highest BCUT2D eigenvalue weighted by Crippen LogP contribution is 2.16. The molecule has 124 valence electrons. The van der Waals surface area contributed by atoms with Crippen molar-refractivity contribution in [1.82, 2.24) is 14.9 Å². The molecule has 0 aliphatic carbocycles. The van der Waals surface area contributed by atoms with E-state index in [0.717, 1.165) is 19.0 Å². The van der Waals surface area contributed by atoms with E-state index in [1.807, 2.05) is 0 Å². The molecule has 1 aromatic rings. The monoisotopic (exact) mass is 344 g/mol. The number of rotatable bonds is 5. The normalized spacial score (nSPS) is 20.2. The number of guanidine groups is 1. The van der Waals surface area contributed by atoms with Crippen molar-refractivity contribution in [2.24, 2.45) is 10.9 Å². The molecule has 1 aliphatic rings. The van der Waals surface area contributed by atoms with E-state index in [-0.39, 0.29) is 0 Å². The van der Waals surface area contributed by atoms with Crippen molar-refractivity contribution >= 4 is 27.3 Å². The van der Waals surface area contributed by atoms with Crippen molar-refractivity contribution < 1.29 is 8.42 Å². The minimum absolute atomic E-state index is 0.336. The van der Waals surface area contributed by atoms with Crippen LogP contribution in [0, 0.1) is 5.92 Å². The average Bonchev–Trinajstić information content (AvgIpc) is 3.02. The molecule has 1 unspecified atom stereocenters. The lowest BCUT2D eigenvalue weighted by molar-refractivity contribution is 0.266. The van der Waals surface area contributed by atoms with Gasteiger partial charge in [-0.3, -0.25) is 4.99 Å². The summed E-state index contributed by atoms with van der Waals surface area (Å²) in [4.78, 5) is 6.52. The molecular weight excluding hydrogens is 320 g/mol. The molecule has 1 aliphatic heterocycles. The largest absolute Gasteiger partial charge is 0.355 e. The molecule has 2 rings (SSSR count). The second-order valence-electron chi connectivity index (χ2n) is 5.50. The molecule has 1 atom stereocenters. The fraction of sp³-hybridized carbons (Fsp3) is 0.643. The molecule has 1 saturated heterocycles. The fourth-order valence-corrected chi connectivity index (χ4v) is 4.63. The van der Waals surface area contributed by atoms with E-state index in [1.54, 1.807) is 24.6 Å². The van der Waals surface area contributed by atoms with Gasteiger partial charge in [0.1, 0.15) is 4.21 Å². The molecule has 2 N–H and O–H groups in total. The maximum absolute atomic E-state index is 12.0. The van der Waals surface area contributed by atoms with Crippen LogP contribution in [0.1, 0.15) is 19.8 Å². The van der Waals surface area contributed by atoms with Crippen LogP contribution in [-0.2, 0) is 10.0 Å². The first kappa shape index (κ1) is 17.2. The molecule has 0 aromatic carbocycles. The van der Waals surface area contributed by atoms with E-state index in [2.05, 4.69) is 26.9 Å². The summed E-state index contributed by atoms with van der Waals surface area (Å²) in [7, 11) is -1.62. The summed E-state index contributed by atoms with van der Waals surface area (Å²) < 4.78 is 26.9. The van der Waals surface area contributed by atoms with Gasteiger partial charge >= 0.3 is 0 Å². The fourth-order valence-electron chi connectivity index (χ4n) is 2.56. The maximum Gasteiger partial charge on any atom is 0.250 e. The van der Waals surface area contributed by atoms with Crippen molar-refractivity contribution in [3.63, 3.8) is 0 Å². The zero-order valence-corrected chi connectivity index (χ0v) is 14.7. The summed E-state index contributed by atoms with van der Waals surface area (Å²) >= 11 is 1.22. The second-order valence-corrected chi connectivity index (χ2v) is 8.44. The van der Waals surface area contributed by atoms with E-state index in [1.165, 1.54) is 24.2 Å². The van der Waals surface area contributed by atoms with Crippen molar-refractivity contribution in [1.29, 1.82) is 0 Å². The van der Waals surface area contributed by atoms with Crippen LogP contribution in [-0.4, -0.2) is 52.5 Å². The van der Waals surface area contributed by atoms with Gasteiger partial charge < -0.3 is 10.2 Å². The highest BCUT2D eigenvalue weighted by atomic mass is 32.2. The molecule has 2 heterocycles. The van der Waals surface area contributed by atoms with Gasteiger partial charge in [-0.1, -0.05) is 13.0 Å². The lowest BCUT2D eigenvalue weighted by atomic mass is 10.0. The molecule has 1 aromatic heterocycles. The Kier molecular flexibility index (Phi) is 6.22. The van der Waals surface area contributed by atoms with Gasteiger partial charge in [0, 0.05) is 33.2 Å². The number of aliphatic imine (C=N–C) groups is 1. The first-order chi connectivity index (χ1) is 10.5.